The number of nitrogens with zero attached hydrogens (tertiary/aromatic N) is 5. The third-order valence-corrected chi connectivity index (χ3v) is 5.72. The van der Waals surface area contributed by atoms with Crippen molar-refractivity contribution in [3.63, 3.8) is 0 Å². The SMILES string of the molecule is CCOc1ccc(-c2nc(CSc3nc4nc(C)cc(C)n4n3)cs2)cc1. The van der Waals surface area contributed by atoms with Crippen molar-refractivity contribution in [2.75, 3.05) is 6.61 Å². The summed E-state index contributed by atoms with van der Waals surface area (Å²) in [6, 6.07) is 10.0. The predicted octanol–water partition coefficient (Wildman–Crippen LogP) is 4.56. The molecule has 0 unspecified atom stereocenters. The highest BCUT2D eigenvalue weighted by Crippen LogP contribution is 2.28. The van der Waals surface area contributed by atoms with E-state index in [1.54, 1.807) is 27.6 Å². The second-order valence-electron chi connectivity index (χ2n) is 6.04. The largest absolute Gasteiger partial charge is 0.494 e. The zero-order valence-corrected chi connectivity index (χ0v) is 17.0. The summed E-state index contributed by atoms with van der Waals surface area (Å²) in [5.41, 5.74) is 4.10. The lowest BCUT2D eigenvalue weighted by molar-refractivity contribution is 0.340. The Morgan fingerprint density at radius 2 is 1.93 bits per heavy atom. The van der Waals surface area contributed by atoms with Gasteiger partial charge in [-0.1, -0.05) is 11.8 Å². The van der Waals surface area contributed by atoms with Crippen molar-refractivity contribution < 1.29 is 4.74 Å². The van der Waals surface area contributed by atoms with Crippen molar-refractivity contribution in [3.05, 3.63) is 52.8 Å². The Kier molecular flexibility index (Phi) is 5.09. The van der Waals surface area contributed by atoms with Crippen LogP contribution in [0.3, 0.4) is 0 Å². The average molecular weight is 398 g/mol. The summed E-state index contributed by atoms with van der Waals surface area (Å²) >= 11 is 3.22. The third-order valence-electron chi connectivity index (χ3n) is 3.91. The van der Waals surface area contributed by atoms with Crippen LogP contribution < -0.4 is 4.74 Å². The molecule has 0 atom stereocenters. The summed E-state index contributed by atoms with van der Waals surface area (Å²) in [6.07, 6.45) is 0. The molecule has 8 heteroatoms. The van der Waals surface area contributed by atoms with Crippen LogP contribution in [0.2, 0.25) is 0 Å². The number of aromatic nitrogens is 5. The van der Waals surface area contributed by atoms with Crippen LogP contribution in [0.15, 0.2) is 40.9 Å². The van der Waals surface area contributed by atoms with Gasteiger partial charge in [-0.3, -0.25) is 0 Å². The molecule has 3 aromatic heterocycles. The number of thioether (sulfide) groups is 1. The molecular weight excluding hydrogens is 378 g/mol. The van der Waals surface area contributed by atoms with E-state index in [-0.39, 0.29) is 0 Å². The highest BCUT2D eigenvalue weighted by molar-refractivity contribution is 7.98. The number of fused-ring (bicyclic) bond motifs is 1. The minimum atomic E-state index is 0.642. The molecule has 0 saturated heterocycles. The van der Waals surface area contributed by atoms with Crippen LogP contribution in [0.25, 0.3) is 16.3 Å². The molecule has 3 heterocycles. The molecule has 0 aliphatic rings. The molecule has 0 N–H and O–H groups in total. The van der Waals surface area contributed by atoms with Gasteiger partial charge in [-0.15, -0.1) is 16.4 Å². The Balaban J connectivity index is 1.46. The summed E-state index contributed by atoms with van der Waals surface area (Å²) in [7, 11) is 0. The highest BCUT2D eigenvalue weighted by Gasteiger charge is 2.10. The molecule has 4 aromatic rings. The van der Waals surface area contributed by atoms with Gasteiger partial charge in [-0.05, 0) is 51.1 Å². The summed E-state index contributed by atoms with van der Waals surface area (Å²) in [5.74, 6) is 2.25. The predicted molar refractivity (Wildman–Crippen MR) is 109 cm³/mol. The molecule has 138 valence electrons. The Bertz CT molecular complexity index is 1070. The van der Waals surface area contributed by atoms with Gasteiger partial charge in [0.15, 0.2) is 0 Å². The van der Waals surface area contributed by atoms with Gasteiger partial charge in [0.05, 0.1) is 12.3 Å². The summed E-state index contributed by atoms with van der Waals surface area (Å²) in [4.78, 5) is 13.7. The molecule has 0 radical (unpaired) electrons. The van der Waals surface area contributed by atoms with E-state index in [0.29, 0.717) is 17.5 Å². The van der Waals surface area contributed by atoms with E-state index >= 15 is 0 Å². The molecule has 0 spiro atoms. The fourth-order valence-corrected chi connectivity index (χ4v) is 4.36. The molecule has 1 aromatic carbocycles. The number of hydrogen-bond acceptors (Lipinski definition) is 7. The first-order chi connectivity index (χ1) is 13.1. The standard InChI is InChI=1S/C19H19N5OS2/c1-4-25-16-7-5-14(6-8-16)17-21-15(10-26-17)11-27-19-22-18-20-12(2)9-13(3)24(18)23-19/h5-10H,4,11H2,1-3H3. The van der Waals surface area contributed by atoms with Gasteiger partial charge < -0.3 is 4.74 Å². The van der Waals surface area contributed by atoms with E-state index in [2.05, 4.69) is 20.4 Å². The van der Waals surface area contributed by atoms with E-state index in [9.17, 15) is 0 Å². The number of thiazole rings is 1. The van der Waals surface area contributed by atoms with E-state index in [4.69, 9.17) is 9.72 Å². The fraction of sp³-hybridized carbons (Fsp3) is 0.263. The van der Waals surface area contributed by atoms with Gasteiger partial charge in [-0.2, -0.15) is 4.98 Å². The molecule has 0 aliphatic carbocycles. The number of benzene rings is 1. The topological polar surface area (TPSA) is 65.2 Å². The molecule has 4 rings (SSSR count). The smallest absolute Gasteiger partial charge is 0.253 e. The first-order valence-electron chi connectivity index (χ1n) is 8.64. The van der Waals surface area contributed by atoms with E-state index in [1.165, 1.54) is 0 Å². The van der Waals surface area contributed by atoms with Crippen LogP contribution in [0.4, 0.5) is 0 Å². The molecule has 0 aliphatic heterocycles. The lowest BCUT2D eigenvalue weighted by atomic mass is 10.2. The van der Waals surface area contributed by atoms with E-state index < -0.39 is 0 Å². The molecule has 0 amide bonds. The van der Waals surface area contributed by atoms with Crippen molar-refractivity contribution in [2.45, 2.75) is 31.7 Å². The average Bonchev–Trinajstić information content (AvgIpc) is 3.28. The second kappa shape index (κ2) is 7.66. The molecule has 6 nitrogen and oxygen atoms in total. The molecule has 0 saturated carbocycles. The van der Waals surface area contributed by atoms with Gasteiger partial charge in [0, 0.05) is 28.1 Å². The van der Waals surface area contributed by atoms with Crippen molar-refractivity contribution in [3.8, 4) is 16.3 Å². The lowest BCUT2D eigenvalue weighted by Gasteiger charge is -2.02. The maximum Gasteiger partial charge on any atom is 0.253 e. The fourth-order valence-electron chi connectivity index (χ4n) is 2.71. The first-order valence-corrected chi connectivity index (χ1v) is 10.5. The zero-order chi connectivity index (χ0) is 18.8. The van der Waals surface area contributed by atoms with Crippen molar-refractivity contribution in [1.29, 1.82) is 0 Å². The summed E-state index contributed by atoms with van der Waals surface area (Å²) in [6.45, 7) is 6.62. The lowest BCUT2D eigenvalue weighted by Crippen LogP contribution is -1.97. The quantitative estimate of drug-likeness (QED) is 0.445. The van der Waals surface area contributed by atoms with Gasteiger partial charge in [0.1, 0.15) is 10.8 Å². The van der Waals surface area contributed by atoms with Gasteiger partial charge >= 0.3 is 0 Å². The summed E-state index contributed by atoms with van der Waals surface area (Å²) in [5, 5.41) is 8.33. The van der Waals surface area contributed by atoms with Gasteiger partial charge in [0.2, 0.25) is 5.16 Å². The van der Waals surface area contributed by atoms with E-state index in [0.717, 1.165) is 39.2 Å². The zero-order valence-electron chi connectivity index (χ0n) is 15.3. The number of aryl methyl sites for hydroxylation is 2. The molecule has 0 fully saturated rings. The Morgan fingerprint density at radius 1 is 1.11 bits per heavy atom. The maximum absolute atomic E-state index is 5.49. The number of rotatable bonds is 6. The number of hydrogen-bond donors (Lipinski definition) is 0. The van der Waals surface area contributed by atoms with Gasteiger partial charge in [-0.25, -0.2) is 14.5 Å². The Labute approximate surface area is 165 Å². The first kappa shape index (κ1) is 17.9. The molecule has 27 heavy (non-hydrogen) atoms. The van der Waals surface area contributed by atoms with Crippen molar-refractivity contribution in [1.82, 2.24) is 24.6 Å². The number of ether oxygens (including phenoxy) is 1. The van der Waals surface area contributed by atoms with Crippen LogP contribution >= 0.6 is 23.1 Å². The van der Waals surface area contributed by atoms with E-state index in [1.807, 2.05) is 51.1 Å². The van der Waals surface area contributed by atoms with Crippen LogP contribution in [-0.4, -0.2) is 31.2 Å². The minimum absolute atomic E-state index is 0.642. The molecule has 0 bridgehead atoms. The maximum atomic E-state index is 5.49. The van der Waals surface area contributed by atoms with Crippen LogP contribution in [0.1, 0.15) is 24.0 Å². The van der Waals surface area contributed by atoms with Crippen LogP contribution in [0, 0.1) is 13.8 Å². The third kappa shape index (κ3) is 3.96. The second-order valence-corrected chi connectivity index (χ2v) is 7.84. The van der Waals surface area contributed by atoms with Crippen molar-refractivity contribution >= 4 is 28.9 Å². The Hall–Kier alpha value is -2.45. The Morgan fingerprint density at radius 3 is 2.70 bits per heavy atom. The van der Waals surface area contributed by atoms with Crippen molar-refractivity contribution in [2.24, 2.45) is 0 Å². The summed E-state index contributed by atoms with van der Waals surface area (Å²) < 4.78 is 7.27. The normalized spacial score (nSPS) is 11.2. The minimum Gasteiger partial charge on any atom is -0.494 e. The molecular formula is C19H19N5OS2. The highest BCUT2D eigenvalue weighted by atomic mass is 32.2. The van der Waals surface area contributed by atoms with Crippen LogP contribution in [-0.2, 0) is 5.75 Å². The van der Waals surface area contributed by atoms with Crippen LogP contribution in [0.5, 0.6) is 5.75 Å². The monoisotopic (exact) mass is 397 g/mol. The van der Waals surface area contributed by atoms with Gasteiger partial charge in [0.25, 0.3) is 5.78 Å².